The summed E-state index contributed by atoms with van der Waals surface area (Å²) in [7, 11) is 0. The van der Waals surface area contributed by atoms with E-state index in [1.807, 2.05) is 0 Å². The van der Waals surface area contributed by atoms with E-state index in [1.165, 1.54) is 17.1 Å². The van der Waals surface area contributed by atoms with E-state index < -0.39 is 47.7 Å². The van der Waals surface area contributed by atoms with Crippen LogP contribution in [0.5, 0.6) is 0 Å². The summed E-state index contributed by atoms with van der Waals surface area (Å²) in [5.41, 5.74) is 40.7. The molecule has 0 bridgehead atoms. The molecule has 3 rings (SSSR count). The number of aliphatic imine (C=N–C) groups is 3. The Labute approximate surface area is 382 Å². The SMILES string of the molecule is NC(N)=NCCC[C@@H](N)C(=O)N[C@H](CCCN=C(N)N)C(=O)Nc1ccc(N(CC(=O)Cc2ccccc2C=CC=CC(=O)N[C@@H](CCCN=C(N)N)C(=O)O)C(=O)c2ccccc2)cc1. The highest BCUT2D eigenvalue weighted by molar-refractivity contribution is 6.09. The van der Waals surface area contributed by atoms with E-state index in [-0.39, 0.29) is 75.5 Å². The topological polar surface area (TPSA) is 381 Å². The molecule has 0 unspecified atom stereocenters. The molecule has 18 N–H and O–H groups in total. The number of carboxylic acid groups (broad SMARTS) is 1. The summed E-state index contributed by atoms with van der Waals surface area (Å²) in [6, 6.07) is 18.8. The molecule has 21 nitrogen and oxygen atoms in total. The zero-order valence-corrected chi connectivity index (χ0v) is 36.6. The second-order valence-corrected chi connectivity index (χ2v) is 14.8. The fourth-order valence-electron chi connectivity index (χ4n) is 6.26. The molecule has 66 heavy (non-hydrogen) atoms. The number of hydrogen-bond acceptors (Lipinski definition) is 10. The number of carbonyl (C=O) groups excluding carboxylic acids is 5. The van der Waals surface area contributed by atoms with E-state index >= 15 is 0 Å². The maximum atomic E-state index is 13.9. The lowest BCUT2D eigenvalue weighted by Crippen LogP contribution is -2.50. The fraction of sp³-hybridized carbons (Fsp3) is 0.311. The number of benzene rings is 3. The molecular formula is C45H60N14O7. The first-order chi connectivity index (χ1) is 31.5. The van der Waals surface area contributed by atoms with Gasteiger partial charge in [-0.3, -0.25) is 38.9 Å². The summed E-state index contributed by atoms with van der Waals surface area (Å²) >= 11 is 0. The van der Waals surface area contributed by atoms with Gasteiger partial charge in [0.05, 0.1) is 12.6 Å². The number of Topliss-reactive ketones (excluding diaryl/α,β-unsaturated/α-hetero) is 1. The fourth-order valence-corrected chi connectivity index (χ4v) is 6.26. The number of guanidine groups is 3. The molecule has 3 aromatic rings. The maximum Gasteiger partial charge on any atom is 0.326 e. The van der Waals surface area contributed by atoms with Crippen LogP contribution in [0.25, 0.3) is 6.08 Å². The van der Waals surface area contributed by atoms with Crippen LogP contribution in [0.4, 0.5) is 11.4 Å². The molecular weight excluding hydrogens is 849 g/mol. The zero-order valence-electron chi connectivity index (χ0n) is 36.6. The van der Waals surface area contributed by atoms with E-state index in [4.69, 9.17) is 40.1 Å². The number of amides is 4. The Bertz CT molecular complexity index is 2250. The van der Waals surface area contributed by atoms with Crippen molar-refractivity contribution in [1.29, 1.82) is 0 Å². The van der Waals surface area contributed by atoms with Crippen LogP contribution in [0, 0.1) is 0 Å². The predicted octanol–water partition coefficient (Wildman–Crippen LogP) is 0.195. The number of rotatable bonds is 27. The Balaban J connectivity index is 1.74. The first-order valence-corrected chi connectivity index (χ1v) is 21.0. The van der Waals surface area contributed by atoms with E-state index in [0.717, 1.165) is 0 Å². The lowest BCUT2D eigenvalue weighted by atomic mass is 10.0. The molecule has 0 aliphatic heterocycles. The van der Waals surface area contributed by atoms with Crippen LogP contribution in [0.1, 0.15) is 60.0 Å². The van der Waals surface area contributed by atoms with Crippen molar-refractivity contribution < 1.29 is 33.9 Å². The van der Waals surface area contributed by atoms with Crippen LogP contribution in [0.15, 0.2) is 112 Å². The van der Waals surface area contributed by atoms with Gasteiger partial charge in [0.25, 0.3) is 5.91 Å². The molecule has 0 fully saturated rings. The molecule has 0 aliphatic rings. The third-order valence-corrected chi connectivity index (χ3v) is 9.57. The van der Waals surface area contributed by atoms with Crippen LogP contribution in [0.2, 0.25) is 0 Å². The highest BCUT2D eigenvalue weighted by Gasteiger charge is 2.25. The van der Waals surface area contributed by atoms with Gasteiger partial charge in [0.1, 0.15) is 12.1 Å². The van der Waals surface area contributed by atoms with Crippen LogP contribution in [-0.4, -0.2) is 103 Å². The third kappa shape index (κ3) is 19.5. The van der Waals surface area contributed by atoms with Gasteiger partial charge in [-0.15, -0.1) is 0 Å². The summed E-state index contributed by atoms with van der Waals surface area (Å²) < 4.78 is 0. The van der Waals surface area contributed by atoms with Crippen molar-refractivity contribution in [3.05, 3.63) is 114 Å². The number of ketones is 1. The summed E-state index contributed by atoms with van der Waals surface area (Å²) in [6.07, 6.45) is 7.57. The number of allylic oxidation sites excluding steroid dienone is 2. The number of nitrogens with two attached hydrogens (primary N) is 7. The molecule has 0 heterocycles. The lowest BCUT2D eigenvalue weighted by Gasteiger charge is -2.23. The Morgan fingerprint density at radius 3 is 1.80 bits per heavy atom. The average Bonchev–Trinajstić information content (AvgIpc) is 3.28. The van der Waals surface area contributed by atoms with E-state index in [0.29, 0.717) is 47.3 Å². The molecule has 4 amide bonds. The Hall–Kier alpha value is -8.07. The van der Waals surface area contributed by atoms with Crippen molar-refractivity contribution in [3.8, 4) is 0 Å². The normalized spacial score (nSPS) is 12.3. The van der Waals surface area contributed by atoms with Crippen LogP contribution in [0.3, 0.4) is 0 Å². The van der Waals surface area contributed by atoms with Crippen molar-refractivity contribution >= 4 is 70.7 Å². The number of hydrogen-bond donors (Lipinski definition) is 11. The van der Waals surface area contributed by atoms with Gasteiger partial charge in [-0.2, -0.15) is 0 Å². The Morgan fingerprint density at radius 1 is 0.652 bits per heavy atom. The average molecular weight is 909 g/mol. The van der Waals surface area contributed by atoms with E-state index in [9.17, 15) is 33.9 Å². The number of carbonyl (C=O) groups is 6. The molecule has 0 spiro atoms. The van der Waals surface area contributed by atoms with Gasteiger partial charge in [0.2, 0.25) is 17.7 Å². The van der Waals surface area contributed by atoms with Gasteiger partial charge < -0.3 is 66.1 Å². The van der Waals surface area contributed by atoms with E-state index in [1.54, 1.807) is 91.0 Å². The van der Waals surface area contributed by atoms with Crippen LogP contribution >= 0.6 is 0 Å². The van der Waals surface area contributed by atoms with Crippen molar-refractivity contribution in [1.82, 2.24) is 10.6 Å². The molecule has 0 aromatic heterocycles. The summed E-state index contributed by atoms with van der Waals surface area (Å²) in [5, 5.41) is 17.4. The van der Waals surface area contributed by atoms with Crippen molar-refractivity contribution in [2.45, 2.75) is 63.1 Å². The highest BCUT2D eigenvalue weighted by atomic mass is 16.4. The minimum atomic E-state index is -1.20. The molecule has 3 aromatic carbocycles. The Morgan fingerprint density at radius 2 is 1.21 bits per heavy atom. The smallest absolute Gasteiger partial charge is 0.326 e. The molecule has 0 saturated carbocycles. The van der Waals surface area contributed by atoms with Crippen molar-refractivity contribution in [2.24, 2.45) is 55.1 Å². The standard InChI is InChI=1S/C45H60N14O7/c46-35(16-8-24-53-43(47)48)39(62)58-36(17-9-25-54-44(49)50)40(63)56-32-20-22-33(23-21-32)59(41(64)30-13-2-1-3-14-30)28-34(60)27-31-15-5-4-11-29(31)12-6-7-19-38(61)57-37(42(65)66)18-10-26-55-45(51)52/h1-7,11-15,19-23,35-37H,8-10,16-18,24-28,46H2,(H,56,63)(H,57,61)(H,58,62)(H,65,66)(H4,47,48,53)(H4,49,50,54)(H4,51,52,55)/t35-,36-,37+/m1/s1. The van der Waals surface area contributed by atoms with Crippen LogP contribution < -0.4 is 61.0 Å². The molecule has 0 aliphatic carbocycles. The minimum absolute atomic E-state index is 0.0478. The number of anilines is 2. The summed E-state index contributed by atoms with van der Waals surface area (Å²) in [5.74, 6) is -3.92. The number of aliphatic carboxylic acids is 1. The Kier molecular flexibility index (Phi) is 22.1. The predicted molar refractivity (Wildman–Crippen MR) is 256 cm³/mol. The van der Waals surface area contributed by atoms with Gasteiger partial charge in [0, 0.05) is 49.1 Å². The van der Waals surface area contributed by atoms with E-state index in [2.05, 4.69) is 30.9 Å². The first kappa shape index (κ1) is 52.3. The largest absolute Gasteiger partial charge is 0.480 e. The molecule has 352 valence electrons. The quantitative estimate of drug-likeness (QED) is 0.0160. The number of nitrogens with one attached hydrogen (secondary N) is 3. The third-order valence-electron chi connectivity index (χ3n) is 9.57. The number of nitrogens with zero attached hydrogens (tertiary/aromatic N) is 4. The number of carboxylic acids is 1. The van der Waals surface area contributed by atoms with Crippen molar-refractivity contribution in [2.75, 3.05) is 36.4 Å². The maximum absolute atomic E-state index is 13.9. The highest BCUT2D eigenvalue weighted by Crippen LogP contribution is 2.22. The second-order valence-electron chi connectivity index (χ2n) is 14.8. The molecule has 21 heteroatoms. The van der Waals surface area contributed by atoms with Gasteiger partial charge >= 0.3 is 5.97 Å². The van der Waals surface area contributed by atoms with Gasteiger partial charge in [-0.1, -0.05) is 60.7 Å². The summed E-state index contributed by atoms with van der Waals surface area (Å²) in [4.78, 5) is 91.3. The van der Waals surface area contributed by atoms with Gasteiger partial charge in [-0.05, 0) is 86.1 Å². The monoisotopic (exact) mass is 908 g/mol. The van der Waals surface area contributed by atoms with Crippen LogP contribution in [-0.2, 0) is 30.4 Å². The molecule has 3 atom stereocenters. The second kappa shape index (κ2) is 27.9. The van der Waals surface area contributed by atoms with Gasteiger partial charge in [0.15, 0.2) is 23.7 Å². The van der Waals surface area contributed by atoms with Gasteiger partial charge in [-0.25, -0.2) is 4.79 Å². The summed E-state index contributed by atoms with van der Waals surface area (Å²) in [6.45, 7) is 0.419. The minimum Gasteiger partial charge on any atom is -0.480 e. The van der Waals surface area contributed by atoms with Crippen molar-refractivity contribution in [3.63, 3.8) is 0 Å². The zero-order chi connectivity index (χ0) is 48.4. The molecule has 0 radical (unpaired) electrons. The lowest BCUT2D eigenvalue weighted by molar-refractivity contribution is -0.141. The molecule has 0 saturated heterocycles. The first-order valence-electron chi connectivity index (χ1n) is 21.0.